The molecular formula is C19H22N6O2. The Morgan fingerprint density at radius 2 is 2.30 bits per heavy atom. The van der Waals surface area contributed by atoms with E-state index in [1.165, 1.54) is 0 Å². The number of nitrogens with zero attached hydrogens (tertiary/aromatic N) is 6. The molecule has 3 aromatic rings. The summed E-state index contributed by atoms with van der Waals surface area (Å²) in [7, 11) is 0. The van der Waals surface area contributed by atoms with Crippen LogP contribution in [-0.2, 0) is 6.54 Å². The second-order valence-corrected chi connectivity index (χ2v) is 6.77. The number of hydrogen-bond donors (Lipinski definition) is 0. The maximum Gasteiger partial charge on any atom is 0.257 e. The first-order chi connectivity index (χ1) is 13.2. The van der Waals surface area contributed by atoms with Gasteiger partial charge in [0.15, 0.2) is 0 Å². The quantitative estimate of drug-likeness (QED) is 0.705. The van der Waals surface area contributed by atoms with Crippen molar-refractivity contribution < 1.29 is 9.32 Å². The normalized spacial score (nSPS) is 17.3. The van der Waals surface area contributed by atoms with E-state index in [1.807, 2.05) is 37.1 Å². The Morgan fingerprint density at radius 3 is 3.04 bits per heavy atom. The molecule has 0 aromatic carbocycles. The summed E-state index contributed by atoms with van der Waals surface area (Å²) < 4.78 is 7.29. The molecule has 27 heavy (non-hydrogen) atoms. The van der Waals surface area contributed by atoms with Crippen molar-refractivity contribution in [1.29, 1.82) is 0 Å². The lowest BCUT2D eigenvalue weighted by molar-refractivity contribution is 0.0695. The van der Waals surface area contributed by atoms with E-state index in [9.17, 15) is 4.79 Å². The number of amides is 1. The number of piperidine rings is 1. The zero-order chi connectivity index (χ0) is 18.8. The van der Waals surface area contributed by atoms with E-state index in [2.05, 4.69) is 20.2 Å². The molecule has 4 rings (SSSR count). The summed E-state index contributed by atoms with van der Waals surface area (Å²) in [5.41, 5.74) is 2.25. The van der Waals surface area contributed by atoms with E-state index in [-0.39, 0.29) is 11.8 Å². The molecule has 8 heteroatoms. The number of carbonyl (C=O) groups excluding carboxylic acids is 1. The van der Waals surface area contributed by atoms with Gasteiger partial charge in [0.1, 0.15) is 0 Å². The average Bonchev–Trinajstić information content (AvgIpc) is 3.35. The van der Waals surface area contributed by atoms with Crippen LogP contribution in [0.15, 0.2) is 35.2 Å². The van der Waals surface area contributed by atoms with Gasteiger partial charge < -0.3 is 9.42 Å². The summed E-state index contributed by atoms with van der Waals surface area (Å²) in [5, 5.41) is 8.46. The van der Waals surface area contributed by atoms with Crippen molar-refractivity contribution in [2.24, 2.45) is 0 Å². The number of carbonyl (C=O) groups is 1. The lowest BCUT2D eigenvalue weighted by atomic mass is 9.97. The van der Waals surface area contributed by atoms with Gasteiger partial charge in [-0.05, 0) is 38.8 Å². The van der Waals surface area contributed by atoms with E-state index in [0.717, 1.165) is 37.2 Å². The second kappa shape index (κ2) is 7.30. The lowest BCUT2D eigenvalue weighted by Gasteiger charge is -2.30. The summed E-state index contributed by atoms with van der Waals surface area (Å²) in [5.74, 6) is 1.17. The maximum absolute atomic E-state index is 13.0. The molecule has 1 amide bonds. The first kappa shape index (κ1) is 17.4. The van der Waals surface area contributed by atoms with Gasteiger partial charge in [0.05, 0.1) is 17.2 Å². The summed E-state index contributed by atoms with van der Waals surface area (Å²) in [4.78, 5) is 23.4. The van der Waals surface area contributed by atoms with Gasteiger partial charge >= 0.3 is 0 Å². The molecular weight excluding hydrogens is 344 g/mol. The van der Waals surface area contributed by atoms with Gasteiger partial charge in [-0.2, -0.15) is 10.1 Å². The summed E-state index contributed by atoms with van der Waals surface area (Å²) in [6.45, 7) is 5.93. The molecule has 1 fully saturated rings. The van der Waals surface area contributed by atoms with Crippen LogP contribution in [0.3, 0.4) is 0 Å². The third-order valence-corrected chi connectivity index (χ3v) is 4.92. The van der Waals surface area contributed by atoms with Crippen molar-refractivity contribution >= 4 is 5.91 Å². The van der Waals surface area contributed by atoms with E-state index in [0.29, 0.717) is 23.8 Å². The SMILES string of the molecule is CCn1cc(C(=O)N2CCC[C@H](c3nc(-c4cccnc4)no3)C2)c(C)n1. The second-order valence-electron chi connectivity index (χ2n) is 6.77. The minimum Gasteiger partial charge on any atom is -0.339 e. The summed E-state index contributed by atoms with van der Waals surface area (Å²) in [6, 6.07) is 3.73. The van der Waals surface area contributed by atoms with Crippen molar-refractivity contribution in [3.8, 4) is 11.4 Å². The third-order valence-electron chi connectivity index (χ3n) is 4.92. The topological polar surface area (TPSA) is 89.9 Å². The predicted octanol–water partition coefficient (Wildman–Crippen LogP) is 2.68. The number of hydrogen-bond acceptors (Lipinski definition) is 6. The van der Waals surface area contributed by atoms with Crippen LogP contribution in [0.25, 0.3) is 11.4 Å². The third kappa shape index (κ3) is 3.47. The van der Waals surface area contributed by atoms with Crippen molar-refractivity contribution in [3.05, 3.63) is 47.9 Å². The number of aromatic nitrogens is 5. The monoisotopic (exact) mass is 366 g/mol. The van der Waals surface area contributed by atoms with Crippen LogP contribution in [0.2, 0.25) is 0 Å². The Balaban J connectivity index is 1.50. The van der Waals surface area contributed by atoms with Gasteiger partial charge in [0, 0.05) is 43.8 Å². The fourth-order valence-electron chi connectivity index (χ4n) is 3.44. The highest BCUT2D eigenvalue weighted by Crippen LogP contribution is 2.28. The lowest BCUT2D eigenvalue weighted by Crippen LogP contribution is -2.39. The Bertz CT molecular complexity index is 933. The number of pyridine rings is 1. The highest BCUT2D eigenvalue weighted by molar-refractivity contribution is 5.95. The number of aryl methyl sites for hydroxylation is 2. The van der Waals surface area contributed by atoms with Gasteiger partial charge in [0.25, 0.3) is 5.91 Å². The average molecular weight is 366 g/mol. The zero-order valence-corrected chi connectivity index (χ0v) is 15.5. The summed E-state index contributed by atoms with van der Waals surface area (Å²) >= 11 is 0. The largest absolute Gasteiger partial charge is 0.339 e. The molecule has 0 radical (unpaired) electrons. The van der Waals surface area contributed by atoms with Gasteiger partial charge in [-0.3, -0.25) is 14.5 Å². The van der Waals surface area contributed by atoms with Crippen molar-refractivity contribution in [2.45, 2.75) is 39.2 Å². The molecule has 1 aliphatic heterocycles. The van der Waals surface area contributed by atoms with Crippen molar-refractivity contribution in [1.82, 2.24) is 29.8 Å². The van der Waals surface area contributed by atoms with Crippen LogP contribution in [0, 0.1) is 6.92 Å². The van der Waals surface area contributed by atoms with Gasteiger partial charge in [-0.25, -0.2) is 0 Å². The molecule has 0 aliphatic carbocycles. The molecule has 1 aliphatic rings. The molecule has 0 spiro atoms. The van der Waals surface area contributed by atoms with Gasteiger partial charge in [0.2, 0.25) is 11.7 Å². The molecule has 0 saturated carbocycles. The molecule has 8 nitrogen and oxygen atoms in total. The molecule has 1 atom stereocenters. The number of rotatable bonds is 4. The Kier molecular flexibility index (Phi) is 4.70. The van der Waals surface area contributed by atoms with Crippen LogP contribution < -0.4 is 0 Å². The van der Waals surface area contributed by atoms with Crippen LogP contribution in [0.4, 0.5) is 0 Å². The smallest absolute Gasteiger partial charge is 0.257 e. The Hall–Kier alpha value is -3.03. The molecule has 140 valence electrons. The molecule has 0 N–H and O–H groups in total. The fraction of sp³-hybridized carbons (Fsp3) is 0.421. The van der Waals surface area contributed by atoms with Crippen LogP contribution >= 0.6 is 0 Å². The highest BCUT2D eigenvalue weighted by atomic mass is 16.5. The first-order valence-electron chi connectivity index (χ1n) is 9.23. The van der Waals surface area contributed by atoms with Crippen LogP contribution in [-0.4, -0.2) is 48.8 Å². The van der Waals surface area contributed by atoms with Gasteiger partial charge in [-0.1, -0.05) is 5.16 Å². The van der Waals surface area contributed by atoms with E-state index < -0.39 is 0 Å². The summed E-state index contributed by atoms with van der Waals surface area (Å²) in [6.07, 6.45) is 7.07. The highest BCUT2D eigenvalue weighted by Gasteiger charge is 2.30. The molecule has 1 saturated heterocycles. The van der Waals surface area contributed by atoms with E-state index >= 15 is 0 Å². The minimum atomic E-state index is 0.0175. The zero-order valence-electron chi connectivity index (χ0n) is 15.5. The first-order valence-corrected chi connectivity index (χ1v) is 9.23. The number of likely N-dealkylation sites (tertiary alicyclic amines) is 1. The molecule has 0 bridgehead atoms. The maximum atomic E-state index is 13.0. The Labute approximate surface area is 157 Å². The van der Waals surface area contributed by atoms with Crippen molar-refractivity contribution in [2.75, 3.05) is 13.1 Å². The van der Waals surface area contributed by atoms with E-state index in [4.69, 9.17) is 4.52 Å². The van der Waals surface area contributed by atoms with Crippen LogP contribution in [0.1, 0.15) is 47.6 Å². The van der Waals surface area contributed by atoms with Gasteiger partial charge in [-0.15, -0.1) is 0 Å². The van der Waals surface area contributed by atoms with E-state index in [1.54, 1.807) is 17.1 Å². The molecule has 0 unspecified atom stereocenters. The standard InChI is InChI=1S/C19H22N6O2/c1-3-25-12-16(13(2)22-25)19(26)24-9-5-7-15(11-24)18-21-17(23-27-18)14-6-4-8-20-10-14/h4,6,8,10,12,15H,3,5,7,9,11H2,1-2H3/t15-/m0/s1. The molecule has 4 heterocycles. The predicted molar refractivity (Wildman–Crippen MR) is 98.0 cm³/mol. The Morgan fingerprint density at radius 1 is 1.41 bits per heavy atom. The minimum absolute atomic E-state index is 0.0175. The van der Waals surface area contributed by atoms with Crippen molar-refractivity contribution in [3.63, 3.8) is 0 Å². The fourth-order valence-corrected chi connectivity index (χ4v) is 3.44. The van der Waals surface area contributed by atoms with Crippen LogP contribution in [0.5, 0.6) is 0 Å². The molecule has 3 aromatic heterocycles.